The number of rotatable bonds is 5. The number of furan rings is 1. The first-order chi connectivity index (χ1) is 18.8. The van der Waals surface area contributed by atoms with Crippen LogP contribution in [0.25, 0.3) is 34.0 Å². The van der Waals surface area contributed by atoms with E-state index < -0.39 is 0 Å². The Morgan fingerprint density at radius 2 is 1.62 bits per heavy atom. The van der Waals surface area contributed by atoms with Crippen molar-refractivity contribution in [2.75, 3.05) is 4.81 Å². The summed E-state index contributed by atoms with van der Waals surface area (Å²) in [4.78, 5) is 6.88. The lowest BCUT2D eigenvalue weighted by atomic mass is 9.57. The lowest BCUT2D eigenvalue weighted by Gasteiger charge is -2.28. The monoisotopic (exact) mass is 515 g/mol. The number of aromatic nitrogens is 3. The first kappa shape index (κ1) is 25.2. The number of fused-ring (bicyclic) bond motifs is 3. The van der Waals surface area contributed by atoms with Crippen LogP contribution in [-0.2, 0) is 7.05 Å². The smallest absolute Gasteiger partial charge is 0.412 e. The number of imidazole rings is 1. The molecule has 5 aromatic rings. The molecule has 0 bridgehead atoms. The Kier molecular flexibility index (Phi) is 6.21. The number of hydrogen-bond donors (Lipinski definition) is 0. The van der Waals surface area contributed by atoms with Gasteiger partial charge in [0.15, 0.2) is 0 Å². The van der Waals surface area contributed by atoms with E-state index in [2.05, 4.69) is 134 Å². The van der Waals surface area contributed by atoms with Crippen molar-refractivity contribution in [1.29, 1.82) is 0 Å². The average Bonchev–Trinajstić information content (AvgIpc) is 3.49. The molecule has 0 radical (unpaired) electrons. The van der Waals surface area contributed by atoms with Gasteiger partial charge in [0.25, 0.3) is 0 Å². The van der Waals surface area contributed by atoms with Crippen LogP contribution in [0.4, 0.5) is 5.95 Å². The number of aryl methyl sites for hydroxylation is 1. The third-order valence-corrected chi connectivity index (χ3v) is 7.98. The molecule has 6 heteroatoms. The van der Waals surface area contributed by atoms with Crippen LogP contribution in [0.15, 0.2) is 83.3 Å². The summed E-state index contributed by atoms with van der Waals surface area (Å²) in [5, 5.41) is 1.07. The minimum atomic E-state index is 0.00708. The zero-order valence-electron chi connectivity index (χ0n) is 23.9. The molecule has 0 saturated carbocycles. The highest BCUT2D eigenvalue weighted by atomic mass is 16.3. The summed E-state index contributed by atoms with van der Waals surface area (Å²) in [5.74, 6) is 1.81. The van der Waals surface area contributed by atoms with Crippen molar-refractivity contribution >= 4 is 35.6 Å². The normalized spacial score (nSPS) is 13.5. The largest absolute Gasteiger partial charge is 0.448 e. The Bertz CT molecular complexity index is 1680. The lowest BCUT2D eigenvalue weighted by molar-refractivity contribution is -0.657. The van der Waals surface area contributed by atoms with Crippen LogP contribution in [0.2, 0.25) is 6.82 Å². The van der Waals surface area contributed by atoms with E-state index in [9.17, 15) is 0 Å². The molecule has 0 fully saturated rings. The van der Waals surface area contributed by atoms with E-state index in [4.69, 9.17) is 4.42 Å². The van der Waals surface area contributed by atoms with E-state index >= 15 is 0 Å². The number of benzene rings is 2. The van der Waals surface area contributed by atoms with Gasteiger partial charge in [0, 0.05) is 17.1 Å². The molecule has 2 aromatic carbocycles. The number of anilines is 1. The molecule has 0 spiro atoms. The van der Waals surface area contributed by atoms with Gasteiger partial charge in [0.05, 0.1) is 18.9 Å². The Balaban J connectivity index is 1.56. The SMILES string of the molecule is CB1c2oc3ncccc3c2C=C(C)N1c1n(-c2c(C(C)C)cc(-c3ccccc3)cc2C(C)C)cc[n+]1C. The van der Waals surface area contributed by atoms with Gasteiger partial charge in [0.2, 0.25) is 5.71 Å². The zero-order valence-corrected chi connectivity index (χ0v) is 23.9. The van der Waals surface area contributed by atoms with Gasteiger partial charge in [-0.2, -0.15) is 0 Å². The van der Waals surface area contributed by atoms with Crippen LogP contribution in [-0.4, -0.2) is 16.4 Å². The molecule has 1 aliphatic rings. The summed E-state index contributed by atoms with van der Waals surface area (Å²) in [7, 11) is 2.13. The van der Waals surface area contributed by atoms with Crippen LogP contribution in [0.3, 0.4) is 0 Å². The predicted octanol–water partition coefficient (Wildman–Crippen LogP) is 7.07. The molecule has 0 N–H and O–H groups in total. The number of hydrogen-bond acceptors (Lipinski definition) is 3. The van der Waals surface area contributed by atoms with E-state index in [0.29, 0.717) is 17.5 Å². The molecule has 196 valence electrons. The van der Waals surface area contributed by atoms with Crippen molar-refractivity contribution in [3.63, 3.8) is 0 Å². The Morgan fingerprint density at radius 1 is 0.923 bits per heavy atom. The van der Waals surface area contributed by atoms with Gasteiger partial charge in [-0.1, -0.05) is 58.0 Å². The van der Waals surface area contributed by atoms with Crippen molar-refractivity contribution in [3.05, 3.63) is 95.6 Å². The molecule has 5 nitrogen and oxygen atoms in total. The number of nitrogens with zero attached hydrogens (tertiary/aromatic N) is 4. The molecule has 0 amide bonds. The Labute approximate surface area is 231 Å². The van der Waals surface area contributed by atoms with Crippen LogP contribution in [0.1, 0.15) is 63.1 Å². The van der Waals surface area contributed by atoms with E-state index in [-0.39, 0.29) is 6.85 Å². The van der Waals surface area contributed by atoms with E-state index in [1.807, 2.05) is 6.07 Å². The highest BCUT2D eigenvalue weighted by Crippen LogP contribution is 2.38. The zero-order chi connectivity index (χ0) is 27.4. The Morgan fingerprint density at radius 3 is 2.28 bits per heavy atom. The third kappa shape index (κ3) is 4.10. The molecule has 0 atom stereocenters. The fraction of sp³-hybridized carbons (Fsp3) is 0.273. The van der Waals surface area contributed by atoms with Crippen molar-refractivity contribution in [3.8, 4) is 16.8 Å². The minimum absolute atomic E-state index is 0.00708. The van der Waals surface area contributed by atoms with E-state index in [0.717, 1.165) is 22.6 Å². The molecule has 0 aliphatic carbocycles. The first-order valence-electron chi connectivity index (χ1n) is 13.9. The van der Waals surface area contributed by atoms with Crippen molar-refractivity contribution in [2.45, 2.75) is 53.3 Å². The van der Waals surface area contributed by atoms with Crippen LogP contribution < -0.4 is 15.0 Å². The predicted molar refractivity (Wildman–Crippen MR) is 162 cm³/mol. The summed E-state index contributed by atoms with van der Waals surface area (Å²) < 4.78 is 10.9. The highest BCUT2D eigenvalue weighted by Gasteiger charge is 2.42. The van der Waals surface area contributed by atoms with Gasteiger partial charge in [-0.05, 0) is 78.2 Å². The van der Waals surface area contributed by atoms with Gasteiger partial charge >= 0.3 is 12.8 Å². The Hall–Kier alpha value is -4.06. The third-order valence-electron chi connectivity index (χ3n) is 7.98. The molecular formula is C33H36BN4O+. The summed E-state index contributed by atoms with van der Waals surface area (Å²) in [6, 6.07) is 19.6. The number of allylic oxidation sites excluding steroid dienone is 1. The van der Waals surface area contributed by atoms with E-state index in [1.165, 1.54) is 33.6 Å². The van der Waals surface area contributed by atoms with Gasteiger partial charge in [-0.3, -0.25) is 4.81 Å². The molecule has 6 rings (SSSR count). The maximum Gasteiger partial charge on any atom is 0.412 e. The molecule has 39 heavy (non-hydrogen) atoms. The maximum atomic E-state index is 6.34. The van der Waals surface area contributed by atoms with Crippen molar-refractivity contribution < 1.29 is 8.98 Å². The highest BCUT2D eigenvalue weighted by molar-refractivity contribution is 6.76. The molecular weight excluding hydrogens is 479 g/mol. The topological polar surface area (TPSA) is 38.1 Å². The summed E-state index contributed by atoms with van der Waals surface area (Å²) >= 11 is 0. The fourth-order valence-corrected chi connectivity index (χ4v) is 6.03. The quantitative estimate of drug-likeness (QED) is 0.186. The van der Waals surface area contributed by atoms with Crippen molar-refractivity contribution in [1.82, 2.24) is 9.55 Å². The summed E-state index contributed by atoms with van der Waals surface area (Å²) in [6.07, 6.45) is 8.40. The van der Waals surface area contributed by atoms with Crippen molar-refractivity contribution in [2.24, 2.45) is 7.05 Å². The van der Waals surface area contributed by atoms with E-state index in [1.54, 1.807) is 6.20 Å². The standard InChI is InChI=1S/C33H36BN4O/c1-21(2)27-19-25(24-12-9-8-10-13-24)20-28(22(3)4)30(27)37-17-16-36(7)33(37)38-23(5)18-29-26-14-11-15-35-32(26)39-31(29)34(38)6/h8-22H,1-7H3/q+1. The maximum absolute atomic E-state index is 6.34. The average molecular weight is 515 g/mol. The number of pyridine rings is 1. The fourth-order valence-electron chi connectivity index (χ4n) is 6.03. The summed E-state index contributed by atoms with van der Waals surface area (Å²) in [5.41, 5.74) is 10.4. The second kappa shape index (κ2) is 9.60. The molecule has 3 aromatic heterocycles. The molecule has 0 saturated heterocycles. The van der Waals surface area contributed by atoms with Gasteiger partial charge in [0.1, 0.15) is 17.5 Å². The van der Waals surface area contributed by atoms with Crippen LogP contribution >= 0.6 is 0 Å². The van der Waals surface area contributed by atoms with Gasteiger partial charge < -0.3 is 4.42 Å². The first-order valence-corrected chi connectivity index (χ1v) is 13.9. The second-order valence-corrected chi connectivity index (χ2v) is 11.3. The summed E-state index contributed by atoms with van der Waals surface area (Å²) in [6.45, 7) is 13.6. The molecule has 0 unspecified atom stereocenters. The van der Waals surface area contributed by atoms with Gasteiger partial charge in [-0.15, -0.1) is 0 Å². The minimum Gasteiger partial charge on any atom is -0.448 e. The molecule has 4 heterocycles. The van der Waals surface area contributed by atoms with Gasteiger partial charge in [-0.25, -0.2) is 14.1 Å². The lowest BCUT2D eigenvalue weighted by Crippen LogP contribution is -2.52. The second-order valence-electron chi connectivity index (χ2n) is 11.3. The van der Waals surface area contributed by atoms with Crippen LogP contribution in [0, 0.1) is 0 Å². The molecule has 1 aliphatic heterocycles. The van der Waals surface area contributed by atoms with Crippen LogP contribution in [0.5, 0.6) is 0 Å².